The number of nitrogens with zero attached hydrogens (tertiary/aromatic N) is 6. The maximum Gasteiger partial charge on any atom is 0.220 e. The molecule has 2 aromatic heterocycles. The van der Waals surface area contributed by atoms with E-state index in [1.165, 1.54) is 47.3 Å². The molecule has 0 N–H and O–H groups in total. The van der Waals surface area contributed by atoms with Gasteiger partial charge in [0.05, 0.1) is 6.04 Å². The van der Waals surface area contributed by atoms with Gasteiger partial charge in [0.25, 0.3) is 0 Å². The summed E-state index contributed by atoms with van der Waals surface area (Å²) in [6.07, 6.45) is 7.03. The number of anilines is 1. The van der Waals surface area contributed by atoms with Crippen molar-refractivity contribution >= 4 is 17.2 Å². The average molecular weight is 757 g/mol. The quantitative estimate of drug-likeness (QED) is 0.112. The molecule has 0 spiro atoms. The van der Waals surface area contributed by atoms with Crippen LogP contribution in [0.1, 0.15) is 77.3 Å². The Hall–Kier alpha value is -3.79. The predicted molar refractivity (Wildman–Crippen MR) is 227 cm³/mol. The molecule has 55 heavy (non-hydrogen) atoms. The Labute approximate surface area is 333 Å². The molecule has 2 aliphatic heterocycles. The third-order valence-corrected chi connectivity index (χ3v) is 13.4. The lowest BCUT2D eigenvalue weighted by atomic mass is 9.75. The normalized spacial score (nSPS) is 21.5. The van der Waals surface area contributed by atoms with Gasteiger partial charge in [-0.3, -0.25) is 14.7 Å². The second-order valence-corrected chi connectivity index (χ2v) is 17.4. The summed E-state index contributed by atoms with van der Waals surface area (Å²) in [5, 5.41) is 2.24. The van der Waals surface area contributed by atoms with Crippen LogP contribution >= 0.6 is 11.3 Å². The van der Waals surface area contributed by atoms with Crippen molar-refractivity contribution in [1.29, 1.82) is 0 Å². The first kappa shape index (κ1) is 38.1. The molecule has 0 bridgehead atoms. The Balaban J connectivity index is 1.02. The SMILES string of the molecule is CN(C)C(c1cccs1)C1CCC(CC(c2nc(Cc3ccccc3)c(N3CCN(Cc4ccccc4)CC3)o2)N2CCN(Cc3ccccc3)CC2)CC1. The van der Waals surface area contributed by atoms with Crippen LogP contribution in [0.25, 0.3) is 0 Å². The zero-order valence-electron chi connectivity index (χ0n) is 33.0. The van der Waals surface area contributed by atoms with E-state index in [1.807, 2.05) is 11.3 Å². The molecular weight excluding hydrogens is 697 g/mol. The summed E-state index contributed by atoms with van der Waals surface area (Å²) < 4.78 is 7.13. The van der Waals surface area contributed by atoms with Crippen molar-refractivity contribution in [2.45, 2.75) is 63.7 Å². The number of aromatic nitrogens is 1. The molecule has 2 unspecified atom stereocenters. The Morgan fingerprint density at radius 2 is 1.24 bits per heavy atom. The lowest BCUT2D eigenvalue weighted by Gasteiger charge is -2.41. The summed E-state index contributed by atoms with van der Waals surface area (Å²) in [6.45, 7) is 10.2. The summed E-state index contributed by atoms with van der Waals surface area (Å²) in [7, 11) is 4.53. The van der Waals surface area contributed by atoms with Gasteiger partial charge in [-0.1, -0.05) is 110 Å². The van der Waals surface area contributed by atoms with Crippen LogP contribution in [0, 0.1) is 11.8 Å². The molecule has 8 heteroatoms. The zero-order chi connectivity index (χ0) is 37.4. The maximum atomic E-state index is 7.13. The second kappa shape index (κ2) is 18.4. The van der Waals surface area contributed by atoms with Gasteiger partial charge in [-0.05, 0) is 73.3 Å². The van der Waals surface area contributed by atoms with E-state index < -0.39 is 0 Å². The second-order valence-electron chi connectivity index (χ2n) is 16.5. The fraction of sp³-hybridized carbons (Fsp3) is 0.468. The Bertz CT molecular complexity index is 1840. The van der Waals surface area contributed by atoms with Crippen molar-refractivity contribution in [3.63, 3.8) is 0 Å². The number of hydrogen-bond acceptors (Lipinski definition) is 8. The number of oxazole rings is 1. The molecule has 1 aliphatic carbocycles. The van der Waals surface area contributed by atoms with E-state index in [4.69, 9.17) is 9.40 Å². The Kier molecular flexibility index (Phi) is 12.8. The molecule has 0 amide bonds. The minimum atomic E-state index is 0.185. The van der Waals surface area contributed by atoms with Gasteiger partial charge < -0.3 is 14.2 Å². The van der Waals surface area contributed by atoms with Crippen molar-refractivity contribution in [3.05, 3.63) is 142 Å². The highest BCUT2D eigenvalue weighted by Gasteiger charge is 2.36. The van der Waals surface area contributed by atoms with Gasteiger partial charge in [-0.25, -0.2) is 4.98 Å². The minimum Gasteiger partial charge on any atom is -0.423 e. The van der Waals surface area contributed by atoms with Gasteiger partial charge in [0.15, 0.2) is 0 Å². The molecule has 2 atom stereocenters. The minimum absolute atomic E-state index is 0.185. The molecular formula is C47H60N6OS. The standard InChI is InChI=1S/C47H60N6OS/c1-49(2)45(44-19-12-32-55-44)41-22-20-38(21-23-41)34-43(52-28-24-50(25-29-52)35-39-15-8-4-9-16-39)46-48-42(33-37-13-6-3-7-14-37)47(54-46)53-30-26-51(27-31-53)36-40-17-10-5-11-18-40/h3-19,32,38,41,43,45H,20-31,33-36H2,1-2H3. The lowest BCUT2D eigenvalue weighted by molar-refractivity contribution is 0.0595. The molecule has 7 nitrogen and oxygen atoms in total. The molecule has 0 radical (unpaired) electrons. The van der Waals surface area contributed by atoms with E-state index in [1.54, 1.807) is 0 Å². The van der Waals surface area contributed by atoms with E-state index in [-0.39, 0.29) is 6.04 Å². The first-order valence-corrected chi connectivity index (χ1v) is 21.7. The van der Waals surface area contributed by atoms with Crippen LogP contribution in [0.4, 0.5) is 5.88 Å². The van der Waals surface area contributed by atoms with Crippen molar-refractivity contribution in [2.24, 2.45) is 11.8 Å². The first-order chi connectivity index (χ1) is 27.1. The molecule has 5 aromatic rings. The van der Waals surface area contributed by atoms with Gasteiger partial charge in [0.1, 0.15) is 5.69 Å². The van der Waals surface area contributed by atoms with Crippen LogP contribution < -0.4 is 4.90 Å². The highest BCUT2D eigenvalue weighted by molar-refractivity contribution is 7.10. The van der Waals surface area contributed by atoms with E-state index in [9.17, 15) is 0 Å². The molecule has 4 heterocycles. The van der Waals surface area contributed by atoms with E-state index in [0.717, 1.165) is 95.8 Å². The third kappa shape index (κ3) is 9.78. The van der Waals surface area contributed by atoms with Crippen LogP contribution in [0.5, 0.6) is 0 Å². The average Bonchev–Trinajstić information content (AvgIpc) is 3.90. The third-order valence-electron chi connectivity index (χ3n) is 12.5. The predicted octanol–water partition coefficient (Wildman–Crippen LogP) is 9.01. The molecule has 8 rings (SSSR count). The van der Waals surface area contributed by atoms with Gasteiger partial charge in [0, 0.05) is 82.8 Å². The monoisotopic (exact) mass is 756 g/mol. The Morgan fingerprint density at radius 1 is 0.673 bits per heavy atom. The number of piperazine rings is 2. The Morgan fingerprint density at radius 3 is 1.78 bits per heavy atom. The summed E-state index contributed by atoms with van der Waals surface area (Å²) in [5.41, 5.74) is 5.16. The first-order valence-electron chi connectivity index (χ1n) is 20.8. The van der Waals surface area contributed by atoms with E-state index in [2.05, 4.69) is 147 Å². The number of rotatable bonds is 14. The summed E-state index contributed by atoms with van der Waals surface area (Å²) in [5.74, 6) is 3.32. The van der Waals surface area contributed by atoms with Crippen LogP contribution in [0.3, 0.4) is 0 Å². The zero-order valence-corrected chi connectivity index (χ0v) is 33.8. The van der Waals surface area contributed by atoms with Gasteiger partial charge in [-0.15, -0.1) is 11.3 Å². The van der Waals surface area contributed by atoms with Crippen LogP contribution in [-0.2, 0) is 19.5 Å². The topological polar surface area (TPSA) is 42.2 Å². The number of hydrogen-bond donors (Lipinski definition) is 0. The van der Waals surface area contributed by atoms with Crippen LogP contribution in [0.2, 0.25) is 0 Å². The van der Waals surface area contributed by atoms with Gasteiger partial charge in [0.2, 0.25) is 11.8 Å². The van der Waals surface area contributed by atoms with Crippen molar-refractivity contribution < 1.29 is 4.42 Å². The maximum absolute atomic E-state index is 7.13. The summed E-state index contributed by atoms with van der Waals surface area (Å²) in [6, 6.07) is 37.9. The van der Waals surface area contributed by atoms with Crippen molar-refractivity contribution in [3.8, 4) is 0 Å². The fourth-order valence-electron chi connectivity index (χ4n) is 9.51. The van der Waals surface area contributed by atoms with Crippen LogP contribution in [-0.4, -0.2) is 91.0 Å². The fourth-order valence-corrected chi connectivity index (χ4v) is 10.5. The smallest absolute Gasteiger partial charge is 0.220 e. The van der Waals surface area contributed by atoms with E-state index >= 15 is 0 Å². The molecule has 3 aliphatic rings. The summed E-state index contributed by atoms with van der Waals surface area (Å²) in [4.78, 5) is 19.9. The summed E-state index contributed by atoms with van der Waals surface area (Å²) >= 11 is 1.92. The van der Waals surface area contributed by atoms with Crippen molar-refractivity contribution in [1.82, 2.24) is 24.6 Å². The molecule has 290 valence electrons. The lowest BCUT2D eigenvalue weighted by Crippen LogP contribution is -2.47. The highest BCUT2D eigenvalue weighted by atomic mass is 32.1. The molecule has 3 fully saturated rings. The molecule has 1 saturated carbocycles. The van der Waals surface area contributed by atoms with Gasteiger partial charge in [-0.2, -0.15) is 0 Å². The van der Waals surface area contributed by atoms with Gasteiger partial charge >= 0.3 is 0 Å². The molecule has 3 aromatic carbocycles. The molecule has 2 saturated heterocycles. The van der Waals surface area contributed by atoms with Crippen molar-refractivity contribution in [2.75, 3.05) is 71.4 Å². The number of benzene rings is 3. The van der Waals surface area contributed by atoms with Crippen LogP contribution in [0.15, 0.2) is 113 Å². The van der Waals surface area contributed by atoms with E-state index in [0.29, 0.717) is 17.9 Å². The largest absolute Gasteiger partial charge is 0.423 e. The number of thiophene rings is 1. The highest BCUT2D eigenvalue weighted by Crippen LogP contribution is 2.44.